The molecule has 0 fully saturated rings. The molecular weight excluding hydrogens is 165 g/mol. The summed E-state index contributed by atoms with van der Waals surface area (Å²) >= 11 is 0. The lowest BCUT2D eigenvalue weighted by atomic mass is 10.4. The molecule has 0 amide bonds. The van der Waals surface area contributed by atoms with Crippen molar-refractivity contribution in [2.75, 3.05) is 0 Å². The molecule has 11 heavy (non-hydrogen) atoms. The van der Waals surface area contributed by atoms with Crippen LogP contribution in [0.15, 0.2) is 30.3 Å². The Kier molecular flexibility index (Phi) is 2.81. The van der Waals surface area contributed by atoms with Crippen molar-refractivity contribution in [2.24, 2.45) is 0 Å². The summed E-state index contributed by atoms with van der Waals surface area (Å²) in [5, 5.41) is 9.80. The fraction of sp³-hybridized carbons (Fsp3) is 0. The normalized spacial score (nSPS) is 10.2. The van der Waals surface area contributed by atoms with Gasteiger partial charge in [-0.1, -0.05) is 30.3 Å². The molecule has 0 heterocycles. The number of rotatable bonds is 3. The lowest BCUT2D eigenvalue weighted by molar-refractivity contribution is -0.710. The van der Waals surface area contributed by atoms with E-state index in [1.54, 1.807) is 12.1 Å². The van der Waals surface area contributed by atoms with Gasteiger partial charge in [-0.15, -0.1) is 10.1 Å². The van der Waals surface area contributed by atoms with Gasteiger partial charge in [0.25, 0.3) is 5.09 Å². The summed E-state index contributed by atoms with van der Waals surface area (Å²) in [6.45, 7) is 0. The number of nitrogens with zero attached hydrogens (tertiary/aromatic N) is 1. The standard InChI is InChI=1S/C6H6NO3P/c8-7(9)10-11-6-4-2-1-3-5-6/h1-5,11H. The molecular formula is C6H6NO3P. The van der Waals surface area contributed by atoms with Gasteiger partial charge in [0.05, 0.1) is 8.81 Å². The summed E-state index contributed by atoms with van der Waals surface area (Å²) in [6, 6.07) is 9.03. The highest BCUT2D eigenvalue weighted by molar-refractivity contribution is 7.41. The van der Waals surface area contributed by atoms with Crippen LogP contribution >= 0.6 is 8.81 Å². The van der Waals surface area contributed by atoms with Gasteiger partial charge in [0.2, 0.25) is 0 Å². The predicted molar refractivity (Wildman–Crippen MR) is 42.5 cm³/mol. The van der Waals surface area contributed by atoms with Gasteiger partial charge < -0.3 is 0 Å². The second-order valence-corrected chi connectivity index (χ2v) is 2.75. The molecule has 1 atom stereocenters. The smallest absolute Gasteiger partial charge is 0.292 e. The molecule has 58 valence electrons. The Labute approximate surface area is 65.2 Å². The van der Waals surface area contributed by atoms with Gasteiger partial charge in [0.1, 0.15) is 0 Å². The molecule has 1 aromatic carbocycles. The maximum atomic E-state index is 9.76. The van der Waals surface area contributed by atoms with Crippen molar-refractivity contribution in [3.63, 3.8) is 0 Å². The monoisotopic (exact) mass is 171 g/mol. The van der Waals surface area contributed by atoms with E-state index < -0.39 is 5.09 Å². The van der Waals surface area contributed by atoms with Crippen molar-refractivity contribution in [3.8, 4) is 0 Å². The van der Waals surface area contributed by atoms with E-state index in [9.17, 15) is 10.1 Å². The first-order valence-electron chi connectivity index (χ1n) is 2.91. The first-order valence-corrected chi connectivity index (χ1v) is 3.82. The van der Waals surface area contributed by atoms with E-state index in [1.807, 2.05) is 18.2 Å². The number of hydrogen-bond donors (Lipinski definition) is 0. The third-order valence-electron chi connectivity index (χ3n) is 1.01. The van der Waals surface area contributed by atoms with Crippen LogP contribution in [0, 0.1) is 10.1 Å². The highest BCUT2D eigenvalue weighted by Gasteiger charge is 1.94. The maximum absolute atomic E-state index is 9.76. The Hall–Kier alpha value is -1.15. The Bertz CT molecular complexity index is 239. The van der Waals surface area contributed by atoms with Gasteiger partial charge in [-0.05, 0) is 5.30 Å². The SMILES string of the molecule is O=[N+]([O-])OPc1ccccc1. The second-order valence-electron chi connectivity index (χ2n) is 1.78. The van der Waals surface area contributed by atoms with Crippen LogP contribution < -0.4 is 5.30 Å². The molecule has 0 aromatic heterocycles. The summed E-state index contributed by atoms with van der Waals surface area (Å²) in [7, 11) is -0.214. The second kappa shape index (κ2) is 3.88. The van der Waals surface area contributed by atoms with Crippen LogP contribution in [0.3, 0.4) is 0 Å². The molecule has 0 N–H and O–H groups in total. The maximum Gasteiger partial charge on any atom is 0.298 e. The van der Waals surface area contributed by atoms with Gasteiger partial charge in [0, 0.05) is 0 Å². The number of benzene rings is 1. The summed E-state index contributed by atoms with van der Waals surface area (Å²) in [4.78, 5) is 9.76. The van der Waals surface area contributed by atoms with Gasteiger partial charge in [-0.3, -0.25) is 4.62 Å². The Balaban J connectivity index is 2.45. The molecule has 0 aliphatic rings. The minimum absolute atomic E-state index is 0.214. The highest BCUT2D eigenvalue weighted by atomic mass is 31.1. The van der Waals surface area contributed by atoms with E-state index in [-0.39, 0.29) is 8.81 Å². The van der Waals surface area contributed by atoms with Crippen molar-refractivity contribution in [2.45, 2.75) is 0 Å². The third kappa shape index (κ3) is 2.96. The summed E-state index contributed by atoms with van der Waals surface area (Å²) in [5.74, 6) is 0. The Morgan fingerprint density at radius 2 is 2.00 bits per heavy atom. The first-order chi connectivity index (χ1) is 5.29. The molecule has 0 radical (unpaired) electrons. The zero-order chi connectivity index (χ0) is 8.10. The molecule has 0 aliphatic carbocycles. The van der Waals surface area contributed by atoms with Crippen molar-refractivity contribution in [1.82, 2.24) is 0 Å². The van der Waals surface area contributed by atoms with Crippen molar-refractivity contribution >= 4 is 14.1 Å². The van der Waals surface area contributed by atoms with E-state index in [4.69, 9.17) is 0 Å². The summed E-state index contributed by atoms with van der Waals surface area (Å²) in [6.07, 6.45) is 0. The highest BCUT2D eigenvalue weighted by Crippen LogP contribution is 2.10. The molecule has 1 unspecified atom stereocenters. The van der Waals surface area contributed by atoms with E-state index in [1.165, 1.54) is 0 Å². The molecule has 4 nitrogen and oxygen atoms in total. The third-order valence-corrected chi connectivity index (χ3v) is 1.82. The van der Waals surface area contributed by atoms with Gasteiger partial charge in [0.15, 0.2) is 0 Å². The quantitative estimate of drug-likeness (QED) is 0.389. The lowest BCUT2D eigenvalue weighted by Crippen LogP contribution is -1.97. The van der Waals surface area contributed by atoms with E-state index in [2.05, 4.69) is 4.62 Å². The minimum atomic E-state index is -0.786. The zero-order valence-corrected chi connectivity index (χ0v) is 6.56. The predicted octanol–water partition coefficient (Wildman–Crippen LogP) is 1.11. The first kappa shape index (κ1) is 7.95. The molecule has 0 aliphatic heterocycles. The van der Waals surface area contributed by atoms with Crippen LogP contribution in [0.1, 0.15) is 0 Å². The van der Waals surface area contributed by atoms with Crippen LogP contribution in [0.25, 0.3) is 0 Å². The Morgan fingerprint density at radius 3 is 2.55 bits per heavy atom. The number of hydrogen-bond acceptors (Lipinski definition) is 3. The summed E-state index contributed by atoms with van der Waals surface area (Å²) in [5.41, 5.74) is 0. The van der Waals surface area contributed by atoms with Crippen LogP contribution in [0.4, 0.5) is 0 Å². The molecule has 5 heteroatoms. The molecule has 0 saturated carbocycles. The van der Waals surface area contributed by atoms with Crippen molar-refractivity contribution in [1.29, 1.82) is 0 Å². The van der Waals surface area contributed by atoms with Crippen molar-refractivity contribution in [3.05, 3.63) is 40.4 Å². The van der Waals surface area contributed by atoms with E-state index in [0.717, 1.165) is 5.30 Å². The van der Waals surface area contributed by atoms with Crippen molar-refractivity contribution < 1.29 is 9.71 Å². The Morgan fingerprint density at radius 1 is 1.36 bits per heavy atom. The molecule has 1 rings (SSSR count). The van der Waals surface area contributed by atoms with Gasteiger partial charge >= 0.3 is 0 Å². The van der Waals surface area contributed by atoms with Crippen LogP contribution in [-0.2, 0) is 4.62 Å². The largest absolute Gasteiger partial charge is 0.298 e. The molecule has 0 spiro atoms. The van der Waals surface area contributed by atoms with Gasteiger partial charge in [-0.2, -0.15) is 0 Å². The molecule has 0 saturated heterocycles. The lowest BCUT2D eigenvalue weighted by Gasteiger charge is -1.96. The fourth-order valence-electron chi connectivity index (χ4n) is 0.596. The average Bonchev–Trinajstić information content (AvgIpc) is 2.03. The minimum Gasteiger partial charge on any atom is -0.292 e. The van der Waals surface area contributed by atoms with Gasteiger partial charge in [-0.25, -0.2) is 0 Å². The fourth-order valence-corrected chi connectivity index (χ4v) is 1.10. The van der Waals surface area contributed by atoms with Crippen LogP contribution in [0.5, 0.6) is 0 Å². The molecule has 1 aromatic rings. The average molecular weight is 171 g/mol. The van der Waals surface area contributed by atoms with E-state index >= 15 is 0 Å². The van der Waals surface area contributed by atoms with Crippen LogP contribution in [-0.4, -0.2) is 5.09 Å². The topological polar surface area (TPSA) is 52.4 Å². The van der Waals surface area contributed by atoms with Crippen LogP contribution in [0.2, 0.25) is 0 Å². The summed E-state index contributed by atoms with van der Waals surface area (Å²) < 4.78 is 4.18. The zero-order valence-electron chi connectivity index (χ0n) is 5.56. The van der Waals surface area contributed by atoms with E-state index in [0.29, 0.717) is 0 Å². The molecule has 0 bridgehead atoms.